The number of phenolic OH excluding ortho intramolecular Hbond substituents is 1. The second kappa shape index (κ2) is 5.13. The molecule has 2 aliphatic heterocycles. The topological polar surface area (TPSA) is 61.4 Å². The lowest BCUT2D eigenvalue weighted by atomic mass is 9.99. The number of phenols is 1. The van der Waals surface area contributed by atoms with Crippen molar-refractivity contribution in [1.82, 2.24) is 10.6 Å². The van der Waals surface area contributed by atoms with Crippen LogP contribution in [0.25, 0.3) is 0 Å². The van der Waals surface area contributed by atoms with Gasteiger partial charge in [-0.05, 0) is 43.9 Å². The van der Waals surface area contributed by atoms with Gasteiger partial charge in [0, 0.05) is 22.6 Å². The van der Waals surface area contributed by atoms with Gasteiger partial charge in [0.25, 0.3) is 5.91 Å². The van der Waals surface area contributed by atoms with Gasteiger partial charge in [0.15, 0.2) is 0 Å². The third kappa shape index (κ3) is 2.77. The molecule has 0 aromatic heterocycles. The highest BCUT2D eigenvalue weighted by Crippen LogP contribution is 2.28. The lowest BCUT2D eigenvalue weighted by Crippen LogP contribution is -2.48. The molecule has 5 heteroatoms. The fourth-order valence-corrected chi connectivity index (χ4v) is 3.48. The van der Waals surface area contributed by atoms with Gasteiger partial charge >= 0.3 is 0 Å². The van der Waals surface area contributed by atoms with E-state index < -0.39 is 0 Å². The highest BCUT2D eigenvalue weighted by Gasteiger charge is 2.34. The average molecular weight is 325 g/mol. The maximum absolute atomic E-state index is 12.2. The first-order valence-electron chi connectivity index (χ1n) is 6.67. The Morgan fingerprint density at radius 1 is 1.32 bits per heavy atom. The Labute approximate surface area is 120 Å². The van der Waals surface area contributed by atoms with Crippen LogP contribution in [0.15, 0.2) is 22.7 Å². The number of carbonyl (C=O) groups excluding carboxylic acids is 1. The molecule has 2 atom stereocenters. The fourth-order valence-electron chi connectivity index (χ4n) is 3.14. The van der Waals surface area contributed by atoms with Crippen molar-refractivity contribution in [2.75, 3.05) is 0 Å². The molecule has 3 N–H and O–H groups in total. The molecule has 1 aromatic carbocycles. The van der Waals surface area contributed by atoms with E-state index in [2.05, 4.69) is 26.6 Å². The van der Waals surface area contributed by atoms with Gasteiger partial charge < -0.3 is 15.7 Å². The molecule has 0 aliphatic carbocycles. The van der Waals surface area contributed by atoms with Gasteiger partial charge in [0.2, 0.25) is 0 Å². The summed E-state index contributed by atoms with van der Waals surface area (Å²) < 4.78 is 0.765. The molecule has 2 saturated heterocycles. The van der Waals surface area contributed by atoms with Gasteiger partial charge in [-0.2, -0.15) is 0 Å². The molecule has 1 amide bonds. The first kappa shape index (κ1) is 12.9. The predicted octanol–water partition coefficient (Wildman–Crippen LogP) is 2.17. The smallest absolute Gasteiger partial charge is 0.255 e. The Kier molecular flexibility index (Phi) is 3.50. The summed E-state index contributed by atoms with van der Waals surface area (Å²) >= 11 is 3.27. The molecule has 1 aromatic rings. The number of aromatic hydroxyl groups is 1. The van der Waals surface area contributed by atoms with Gasteiger partial charge in [0.1, 0.15) is 5.75 Å². The van der Waals surface area contributed by atoms with E-state index in [4.69, 9.17) is 0 Å². The zero-order chi connectivity index (χ0) is 13.4. The minimum atomic E-state index is -0.184. The molecule has 2 unspecified atom stereocenters. The summed E-state index contributed by atoms with van der Waals surface area (Å²) in [6.45, 7) is 0. The van der Waals surface area contributed by atoms with Crippen LogP contribution in [-0.4, -0.2) is 29.1 Å². The second-order valence-electron chi connectivity index (χ2n) is 5.44. The van der Waals surface area contributed by atoms with Crippen molar-refractivity contribution in [3.05, 3.63) is 28.2 Å². The van der Waals surface area contributed by atoms with Crippen LogP contribution in [0.2, 0.25) is 0 Å². The van der Waals surface area contributed by atoms with Crippen LogP contribution in [0.4, 0.5) is 0 Å². The Morgan fingerprint density at radius 2 is 2.00 bits per heavy atom. The molecule has 0 saturated carbocycles. The number of nitrogens with one attached hydrogen (secondary N) is 2. The number of hydrogen-bond acceptors (Lipinski definition) is 3. The molecule has 4 nitrogen and oxygen atoms in total. The maximum atomic E-state index is 12.2. The van der Waals surface area contributed by atoms with E-state index in [0.717, 1.165) is 17.3 Å². The summed E-state index contributed by atoms with van der Waals surface area (Å²) in [5.41, 5.74) is 0.342. The van der Waals surface area contributed by atoms with Gasteiger partial charge in [0.05, 0.1) is 5.56 Å². The molecule has 19 heavy (non-hydrogen) atoms. The lowest BCUT2D eigenvalue weighted by molar-refractivity contribution is 0.0921. The minimum Gasteiger partial charge on any atom is -0.507 e. The lowest BCUT2D eigenvalue weighted by Gasteiger charge is -2.29. The highest BCUT2D eigenvalue weighted by molar-refractivity contribution is 9.10. The molecule has 102 valence electrons. The van der Waals surface area contributed by atoms with Crippen molar-refractivity contribution in [2.45, 2.75) is 43.8 Å². The average Bonchev–Trinajstić information content (AvgIpc) is 2.68. The standard InChI is InChI=1S/C14H17BrN2O2/c15-8-1-4-12(13(18)5-8)14(19)17-11-6-9-2-3-10(7-11)16-9/h1,4-5,9-11,16,18H,2-3,6-7H2,(H,17,19). The van der Waals surface area contributed by atoms with Crippen LogP contribution in [-0.2, 0) is 0 Å². The van der Waals surface area contributed by atoms with Crippen molar-refractivity contribution < 1.29 is 9.90 Å². The van der Waals surface area contributed by atoms with Crippen molar-refractivity contribution >= 4 is 21.8 Å². The summed E-state index contributed by atoms with van der Waals surface area (Å²) in [5.74, 6) is -0.167. The van der Waals surface area contributed by atoms with E-state index in [-0.39, 0.29) is 17.7 Å². The molecule has 2 heterocycles. The second-order valence-corrected chi connectivity index (χ2v) is 6.36. The van der Waals surface area contributed by atoms with E-state index >= 15 is 0 Å². The highest BCUT2D eigenvalue weighted by atomic mass is 79.9. The van der Waals surface area contributed by atoms with Gasteiger partial charge in [-0.25, -0.2) is 0 Å². The Bertz CT molecular complexity index is 494. The van der Waals surface area contributed by atoms with E-state index in [0.29, 0.717) is 17.6 Å². The molecular weight excluding hydrogens is 308 g/mol. The normalized spacial score (nSPS) is 29.2. The van der Waals surface area contributed by atoms with Gasteiger partial charge in [-0.3, -0.25) is 4.79 Å². The number of benzene rings is 1. The van der Waals surface area contributed by atoms with E-state index in [1.54, 1.807) is 18.2 Å². The number of halogens is 1. The zero-order valence-electron chi connectivity index (χ0n) is 10.5. The zero-order valence-corrected chi connectivity index (χ0v) is 12.1. The summed E-state index contributed by atoms with van der Waals surface area (Å²) in [4.78, 5) is 12.2. The summed E-state index contributed by atoms with van der Waals surface area (Å²) in [5, 5.41) is 16.4. The third-order valence-electron chi connectivity index (χ3n) is 4.01. The Balaban J connectivity index is 1.68. The summed E-state index contributed by atoms with van der Waals surface area (Å²) in [6.07, 6.45) is 4.39. The molecule has 0 radical (unpaired) electrons. The Hall–Kier alpha value is -1.07. The molecule has 2 fully saturated rings. The monoisotopic (exact) mass is 324 g/mol. The fraction of sp³-hybridized carbons (Fsp3) is 0.500. The maximum Gasteiger partial charge on any atom is 0.255 e. The number of piperidine rings is 1. The summed E-state index contributed by atoms with van der Waals surface area (Å²) in [6, 6.07) is 6.26. The number of fused-ring (bicyclic) bond motifs is 2. The van der Waals surface area contributed by atoms with Crippen LogP contribution >= 0.6 is 15.9 Å². The first-order chi connectivity index (χ1) is 9.11. The van der Waals surface area contributed by atoms with Crippen molar-refractivity contribution in [1.29, 1.82) is 0 Å². The number of carbonyl (C=O) groups is 1. The van der Waals surface area contributed by atoms with E-state index in [9.17, 15) is 9.90 Å². The molecule has 2 bridgehead atoms. The third-order valence-corrected chi connectivity index (χ3v) is 4.51. The minimum absolute atomic E-state index is 0.0174. The SMILES string of the molecule is O=C(NC1CC2CCC(C1)N2)c1ccc(Br)cc1O. The molecular formula is C14H17BrN2O2. The molecule has 3 rings (SSSR count). The van der Waals surface area contributed by atoms with E-state index in [1.807, 2.05) is 0 Å². The Morgan fingerprint density at radius 3 is 2.63 bits per heavy atom. The van der Waals surface area contributed by atoms with Crippen molar-refractivity contribution in [3.8, 4) is 5.75 Å². The number of rotatable bonds is 2. The van der Waals surface area contributed by atoms with Crippen molar-refractivity contribution in [3.63, 3.8) is 0 Å². The summed E-state index contributed by atoms with van der Waals surface area (Å²) in [7, 11) is 0. The van der Waals surface area contributed by atoms with E-state index in [1.165, 1.54) is 12.8 Å². The first-order valence-corrected chi connectivity index (χ1v) is 7.46. The quantitative estimate of drug-likeness (QED) is 0.781. The van der Waals surface area contributed by atoms with Crippen LogP contribution in [0.1, 0.15) is 36.0 Å². The number of amides is 1. The largest absolute Gasteiger partial charge is 0.507 e. The van der Waals surface area contributed by atoms with Crippen LogP contribution < -0.4 is 10.6 Å². The van der Waals surface area contributed by atoms with Crippen LogP contribution in [0.5, 0.6) is 5.75 Å². The molecule has 2 aliphatic rings. The van der Waals surface area contributed by atoms with Crippen LogP contribution in [0.3, 0.4) is 0 Å². The van der Waals surface area contributed by atoms with Crippen LogP contribution in [0, 0.1) is 0 Å². The predicted molar refractivity (Wildman–Crippen MR) is 76.2 cm³/mol. The molecule has 0 spiro atoms. The van der Waals surface area contributed by atoms with Gasteiger partial charge in [-0.15, -0.1) is 0 Å². The van der Waals surface area contributed by atoms with Crippen molar-refractivity contribution in [2.24, 2.45) is 0 Å². The van der Waals surface area contributed by atoms with Gasteiger partial charge in [-0.1, -0.05) is 15.9 Å². The number of hydrogen-bond donors (Lipinski definition) is 3.